The number of carbonyl (C=O) groups is 1. The second kappa shape index (κ2) is 9.28. The van der Waals surface area contributed by atoms with E-state index in [0.717, 1.165) is 22.5 Å². The number of nitrogens with one attached hydrogen (secondary N) is 1. The number of para-hydroxylation sites is 1. The molecule has 2 heterocycles. The Morgan fingerprint density at radius 3 is 2.61 bits per heavy atom. The summed E-state index contributed by atoms with van der Waals surface area (Å²) in [6.45, 7) is 1.62. The molecule has 4 rings (SSSR count). The molecule has 0 saturated heterocycles. The molecule has 0 unspecified atom stereocenters. The number of anilines is 1. The Hall–Kier alpha value is -3.31. The Balaban J connectivity index is 1.46. The Kier molecular flexibility index (Phi) is 6.43. The summed E-state index contributed by atoms with van der Waals surface area (Å²) >= 11 is 6.86. The van der Waals surface area contributed by atoms with Crippen LogP contribution in [0.4, 0.5) is 19.0 Å². The molecule has 2 aromatic carbocycles. The topological polar surface area (TPSA) is 85.8 Å². The Morgan fingerprint density at radius 2 is 1.88 bits per heavy atom. The van der Waals surface area contributed by atoms with Crippen LogP contribution in [0, 0.1) is 6.92 Å². The number of rotatable bonds is 6. The van der Waals surface area contributed by atoms with Gasteiger partial charge in [-0.1, -0.05) is 35.5 Å². The highest BCUT2D eigenvalue weighted by Gasteiger charge is 2.34. The molecule has 0 saturated carbocycles. The van der Waals surface area contributed by atoms with Crippen molar-refractivity contribution in [3.05, 3.63) is 70.9 Å². The average molecular weight is 494 g/mol. The number of alkyl halides is 3. The number of aryl methyl sites for hydroxylation is 1. The van der Waals surface area contributed by atoms with Gasteiger partial charge in [0.25, 0.3) is 5.22 Å². The quantitative estimate of drug-likeness (QED) is 0.350. The summed E-state index contributed by atoms with van der Waals surface area (Å²) in [5, 5.41) is 15.3. The summed E-state index contributed by atoms with van der Waals surface area (Å²) in [5.41, 5.74) is 0.0643. The number of benzene rings is 2. The van der Waals surface area contributed by atoms with Gasteiger partial charge in [-0.15, -0.1) is 10.2 Å². The molecule has 0 atom stereocenters. The first kappa shape index (κ1) is 22.9. The van der Waals surface area contributed by atoms with E-state index >= 15 is 0 Å². The largest absolute Gasteiger partial charge is 0.418 e. The van der Waals surface area contributed by atoms with E-state index in [1.54, 1.807) is 31.2 Å². The summed E-state index contributed by atoms with van der Waals surface area (Å²) in [4.78, 5) is 12.5. The number of nitrogens with zero attached hydrogens (tertiary/aromatic N) is 4. The average Bonchev–Trinajstić information content (AvgIpc) is 3.39. The Morgan fingerprint density at radius 1 is 1.15 bits per heavy atom. The van der Waals surface area contributed by atoms with Gasteiger partial charge in [0.2, 0.25) is 11.8 Å². The summed E-state index contributed by atoms with van der Waals surface area (Å²) in [7, 11) is 0. The molecule has 0 spiro atoms. The summed E-state index contributed by atoms with van der Waals surface area (Å²) in [6, 6.07) is 13.3. The normalized spacial score (nSPS) is 11.5. The number of aromatic nitrogens is 4. The fourth-order valence-corrected chi connectivity index (χ4v) is 3.64. The third kappa shape index (κ3) is 5.37. The molecule has 0 radical (unpaired) electrons. The van der Waals surface area contributed by atoms with Crippen LogP contribution in [-0.2, 0) is 11.0 Å². The van der Waals surface area contributed by atoms with E-state index in [9.17, 15) is 18.0 Å². The number of hydrogen-bond donors (Lipinski definition) is 1. The second-order valence-corrected chi connectivity index (χ2v) is 8.18. The van der Waals surface area contributed by atoms with Crippen LogP contribution in [0.25, 0.3) is 17.1 Å². The summed E-state index contributed by atoms with van der Waals surface area (Å²) in [6.07, 6.45) is -4.58. The van der Waals surface area contributed by atoms with Crippen LogP contribution in [-0.4, -0.2) is 31.6 Å². The maximum Gasteiger partial charge on any atom is 0.418 e. The van der Waals surface area contributed by atoms with Crippen LogP contribution in [0.15, 0.2) is 64.2 Å². The molecule has 0 aliphatic carbocycles. The van der Waals surface area contributed by atoms with Gasteiger partial charge in [-0.05, 0) is 43.3 Å². The first-order chi connectivity index (χ1) is 15.7. The van der Waals surface area contributed by atoms with E-state index in [2.05, 4.69) is 20.6 Å². The molecule has 0 bridgehead atoms. The number of thioether (sulfide) groups is 1. The Bertz CT molecular complexity index is 1290. The van der Waals surface area contributed by atoms with Gasteiger partial charge in [0.05, 0.1) is 22.7 Å². The molecule has 1 N–H and O–H groups in total. The maximum atomic E-state index is 13.4. The van der Waals surface area contributed by atoms with Crippen LogP contribution in [0.5, 0.6) is 0 Å². The second-order valence-electron chi connectivity index (χ2n) is 6.81. The molecular formula is C21H15ClF3N5O2S. The van der Waals surface area contributed by atoms with Crippen molar-refractivity contribution >= 4 is 35.1 Å². The van der Waals surface area contributed by atoms with E-state index < -0.39 is 17.6 Å². The van der Waals surface area contributed by atoms with Gasteiger partial charge < -0.3 is 9.73 Å². The molecule has 0 aliphatic heterocycles. The lowest BCUT2D eigenvalue weighted by Crippen LogP contribution is -2.18. The number of hydrogen-bond acceptors (Lipinski definition) is 6. The minimum atomic E-state index is -4.58. The van der Waals surface area contributed by atoms with E-state index in [1.165, 1.54) is 24.3 Å². The lowest BCUT2D eigenvalue weighted by atomic mass is 10.1. The van der Waals surface area contributed by atoms with E-state index in [4.69, 9.17) is 16.0 Å². The Labute approximate surface area is 195 Å². The molecule has 1 amide bonds. The molecule has 2 aromatic heterocycles. The molecule has 4 aromatic rings. The number of carbonyl (C=O) groups excluding carboxylic acids is 1. The third-order valence-corrected chi connectivity index (χ3v) is 5.43. The van der Waals surface area contributed by atoms with Crippen molar-refractivity contribution in [2.45, 2.75) is 18.3 Å². The van der Waals surface area contributed by atoms with Gasteiger partial charge in [0, 0.05) is 16.7 Å². The lowest BCUT2D eigenvalue weighted by molar-refractivity contribution is -0.137. The fraction of sp³-hybridized carbons (Fsp3) is 0.143. The minimum absolute atomic E-state index is 0.104. The number of halogens is 4. The highest BCUT2D eigenvalue weighted by Crippen LogP contribution is 2.34. The van der Waals surface area contributed by atoms with Gasteiger partial charge in [-0.3, -0.25) is 4.79 Å². The molecule has 12 heteroatoms. The molecule has 0 fully saturated rings. The van der Waals surface area contributed by atoms with Crippen molar-refractivity contribution in [1.29, 1.82) is 0 Å². The van der Waals surface area contributed by atoms with Crippen LogP contribution in [0.3, 0.4) is 0 Å². The monoisotopic (exact) mass is 493 g/mol. The highest BCUT2D eigenvalue weighted by atomic mass is 35.5. The predicted octanol–water partition coefficient (Wildman–Crippen LogP) is 5.63. The van der Waals surface area contributed by atoms with Gasteiger partial charge in [-0.2, -0.15) is 18.3 Å². The van der Waals surface area contributed by atoms with Crippen molar-refractivity contribution in [2.75, 3.05) is 11.1 Å². The zero-order valence-electron chi connectivity index (χ0n) is 16.9. The van der Waals surface area contributed by atoms with Crippen molar-refractivity contribution in [3.63, 3.8) is 0 Å². The first-order valence-corrected chi connectivity index (χ1v) is 10.8. The predicted molar refractivity (Wildman–Crippen MR) is 117 cm³/mol. The molecule has 170 valence electrons. The van der Waals surface area contributed by atoms with Crippen LogP contribution in [0.2, 0.25) is 5.02 Å². The smallest absolute Gasteiger partial charge is 0.411 e. The van der Waals surface area contributed by atoms with Crippen molar-refractivity contribution < 1.29 is 22.4 Å². The summed E-state index contributed by atoms with van der Waals surface area (Å²) < 4.78 is 46.9. The SMILES string of the molecule is Cc1cc(NC(=O)CSc2nnc(-c3ccc(Cl)cc3)o2)n(-c2ccccc2C(F)(F)F)n1. The van der Waals surface area contributed by atoms with Crippen molar-refractivity contribution in [1.82, 2.24) is 20.0 Å². The van der Waals surface area contributed by atoms with E-state index in [0.29, 0.717) is 16.3 Å². The molecule has 33 heavy (non-hydrogen) atoms. The lowest BCUT2D eigenvalue weighted by Gasteiger charge is -2.14. The molecular weight excluding hydrogens is 479 g/mol. The van der Waals surface area contributed by atoms with Crippen molar-refractivity contribution in [3.8, 4) is 17.1 Å². The van der Waals surface area contributed by atoms with Gasteiger partial charge >= 0.3 is 6.18 Å². The van der Waals surface area contributed by atoms with Gasteiger partial charge in [0.1, 0.15) is 5.82 Å². The van der Waals surface area contributed by atoms with Gasteiger partial charge in [-0.25, -0.2) is 4.68 Å². The van der Waals surface area contributed by atoms with Crippen LogP contribution >= 0.6 is 23.4 Å². The van der Waals surface area contributed by atoms with E-state index in [-0.39, 0.29) is 28.4 Å². The molecule has 7 nitrogen and oxygen atoms in total. The maximum absolute atomic E-state index is 13.4. The zero-order valence-corrected chi connectivity index (χ0v) is 18.5. The van der Waals surface area contributed by atoms with E-state index in [1.807, 2.05) is 0 Å². The standard InChI is InChI=1S/C21H15ClF3N5O2S/c1-12-10-17(30(29-12)16-5-3-2-4-15(16)21(23,24)25)26-18(31)11-33-20-28-27-19(32-20)13-6-8-14(22)9-7-13/h2-10H,11H2,1H3,(H,26,31). The van der Waals surface area contributed by atoms with Gasteiger partial charge in [0.15, 0.2) is 0 Å². The zero-order chi connectivity index (χ0) is 23.6. The number of amides is 1. The molecule has 0 aliphatic rings. The fourth-order valence-electron chi connectivity index (χ4n) is 2.95. The first-order valence-electron chi connectivity index (χ1n) is 9.46. The highest BCUT2D eigenvalue weighted by molar-refractivity contribution is 7.99. The third-order valence-electron chi connectivity index (χ3n) is 4.36. The van der Waals surface area contributed by atoms with Crippen LogP contribution in [0.1, 0.15) is 11.3 Å². The van der Waals surface area contributed by atoms with Crippen LogP contribution < -0.4 is 5.32 Å². The van der Waals surface area contributed by atoms with Crippen molar-refractivity contribution in [2.24, 2.45) is 0 Å². The summed E-state index contributed by atoms with van der Waals surface area (Å²) in [5.74, 6) is -0.195. The minimum Gasteiger partial charge on any atom is -0.411 e.